The summed E-state index contributed by atoms with van der Waals surface area (Å²) in [6.07, 6.45) is -5.35. The van der Waals surface area contributed by atoms with E-state index in [1.54, 1.807) is 20.8 Å². The van der Waals surface area contributed by atoms with Gasteiger partial charge in [0.2, 0.25) is 0 Å². The molecule has 0 aliphatic carbocycles. The second-order valence-electron chi connectivity index (χ2n) is 6.77. The highest BCUT2D eigenvalue weighted by molar-refractivity contribution is 6.00. The summed E-state index contributed by atoms with van der Waals surface area (Å²) >= 11 is 0. The fraction of sp³-hybridized carbons (Fsp3) is 0.263. The molecule has 8 heteroatoms. The second kappa shape index (κ2) is 7.30. The molecule has 0 aromatic heterocycles. The average Bonchev–Trinajstić information content (AvgIpc) is 2.52. The molecular formula is C19H18F3NO4. The highest BCUT2D eigenvalue weighted by Crippen LogP contribution is 2.33. The zero-order chi connectivity index (χ0) is 20.4. The smallest absolute Gasteiger partial charge is 0.416 e. The predicted octanol–water partition coefficient (Wildman–Crippen LogP) is 5.42. The normalized spacial score (nSPS) is 11.8. The van der Waals surface area contributed by atoms with Gasteiger partial charge in [-0.25, -0.2) is 9.59 Å². The van der Waals surface area contributed by atoms with E-state index in [1.807, 2.05) is 0 Å². The van der Waals surface area contributed by atoms with E-state index in [0.29, 0.717) is 0 Å². The maximum absolute atomic E-state index is 12.9. The van der Waals surface area contributed by atoms with E-state index in [2.05, 4.69) is 5.32 Å². The van der Waals surface area contributed by atoms with Crippen LogP contribution in [0.25, 0.3) is 11.1 Å². The summed E-state index contributed by atoms with van der Waals surface area (Å²) < 4.78 is 43.7. The topological polar surface area (TPSA) is 75.6 Å². The summed E-state index contributed by atoms with van der Waals surface area (Å²) in [7, 11) is 0. The molecule has 0 saturated heterocycles. The third-order valence-electron chi connectivity index (χ3n) is 3.41. The van der Waals surface area contributed by atoms with Gasteiger partial charge in [-0.15, -0.1) is 0 Å². The van der Waals surface area contributed by atoms with E-state index in [4.69, 9.17) is 4.74 Å². The van der Waals surface area contributed by atoms with Crippen LogP contribution in [0.2, 0.25) is 0 Å². The number of carbonyl (C=O) groups is 2. The maximum atomic E-state index is 12.9. The molecule has 27 heavy (non-hydrogen) atoms. The Morgan fingerprint density at radius 2 is 1.63 bits per heavy atom. The SMILES string of the molecule is CC(C)(C)OC(=O)Nc1ccc(-c2cccc(C(F)(F)F)c2)cc1C(=O)O. The Labute approximate surface area is 153 Å². The van der Waals surface area contributed by atoms with Crippen molar-refractivity contribution in [2.45, 2.75) is 32.5 Å². The summed E-state index contributed by atoms with van der Waals surface area (Å²) in [5.74, 6) is -1.34. The van der Waals surface area contributed by atoms with Crippen molar-refractivity contribution in [2.24, 2.45) is 0 Å². The van der Waals surface area contributed by atoms with Gasteiger partial charge in [0.15, 0.2) is 0 Å². The van der Waals surface area contributed by atoms with Crippen LogP contribution in [0.15, 0.2) is 42.5 Å². The van der Waals surface area contributed by atoms with E-state index in [1.165, 1.54) is 30.3 Å². The van der Waals surface area contributed by atoms with Gasteiger partial charge in [-0.05, 0) is 56.2 Å². The number of carboxylic acids is 1. The number of amides is 1. The van der Waals surface area contributed by atoms with Crippen LogP contribution in [0.5, 0.6) is 0 Å². The van der Waals surface area contributed by atoms with Crippen LogP contribution in [0, 0.1) is 0 Å². The van der Waals surface area contributed by atoms with Gasteiger partial charge >= 0.3 is 18.2 Å². The summed E-state index contributed by atoms with van der Waals surface area (Å²) in [5, 5.41) is 11.7. The Balaban J connectivity index is 2.39. The zero-order valence-corrected chi connectivity index (χ0v) is 14.8. The molecule has 5 nitrogen and oxygen atoms in total. The average molecular weight is 381 g/mol. The lowest BCUT2D eigenvalue weighted by molar-refractivity contribution is -0.137. The van der Waals surface area contributed by atoms with Gasteiger partial charge in [-0.3, -0.25) is 5.32 Å². The number of nitrogens with one attached hydrogen (secondary N) is 1. The number of hydrogen-bond donors (Lipinski definition) is 2. The van der Waals surface area contributed by atoms with Crippen LogP contribution in [0.1, 0.15) is 36.7 Å². The molecule has 2 N–H and O–H groups in total. The molecule has 1 amide bonds. The molecule has 0 aliphatic rings. The molecule has 0 radical (unpaired) electrons. The number of anilines is 1. The quantitative estimate of drug-likeness (QED) is 0.745. The highest BCUT2D eigenvalue weighted by Gasteiger charge is 2.30. The van der Waals surface area contributed by atoms with Crippen molar-refractivity contribution in [1.82, 2.24) is 0 Å². The number of carboxylic acid groups (broad SMARTS) is 1. The van der Waals surface area contributed by atoms with E-state index >= 15 is 0 Å². The Morgan fingerprint density at radius 1 is 1.00 bits per heavy atom. The van der Waals surface area contributed by atoms with Crippen molar-refractivity contribution < 1.29 is 32.6 Å². The Bertz CT molecular complexity index is 870. The van der Waals surface area contributed by atoms with Gasteiger partial charge in [-0.2, -0.15) is 13.2 Å². The van der Waals surface area contributed by atoms with Crippen LogP contribution in [-0.2, 0) is 10.9 Å². The lowest BCUT2D eigenvalue weighted by atomic mass is 10.00. The number of ether oxygens (including phenoxy) is 1. The number of rotatable bonds is 3. The predicted molar refractivity (Wildman–Crippen MR) is 93.7 cm³/mol. The van der Waals surface area contributed by atoms with Crippen molar-refractivity contribution in [2.75, 3.05) is 5.32 Å². The summed E-state index contributed by atoms with van der Waals surface area (Å²) in [5.41, 5.74) is -1.42. The minimum atomic E-state index is -4.51. The first-order chi connectivity index (χ1) is 12.4. The molecule has 0 unspecified atom stereocenters. The molecule has 0 spiro atoms. The van der Waals surface area contributed by atoms with Crippen molar-refractivity contribution in [3.05, 3.63) is 53.6 Å². The third kappa shape index (κ3) is 5.47. The molecule has 0 atom stereocenters. The second-order valence-corrected chi connectivity index (χ2v) is 6.77. The van der Waals surface area contributed by atoms with Crippen molar-refractivity contribution in [1.29, 1.82) is 0 Å². The molecule has 2 aromatic carbocycles. The number of halogens is 3. The fourth-order valence-corrected chi connectivity index (χ4v) is 2.30. The highest BCUT2D eigenvalue weighted by atomic mass is 19.4. The number of carbonyl (C=O) groups excluding carboxylic acids is 1. The molecule has 2 aromatic rings. The van der Waals surface area contributed by atoms with Gasteiger partial charge in [0.25, 0.3) is 0 Å². The largest absolute Gasteiger partial charge is 0.478 e. The molecular weight excluding hydrogens is 363 g/mol. The summed E-state index contributed by atoms with van der Waals surface area (Å²) in [4.78, 5) is 23.4. The number of aromatic carboxylic acids is 1. The summed E-state index contributed by atoms with van der Waals surface area (Å²) in [6, 6.07) is 8.48. The van der Waals surface area contributed by atoms with Gasteiger partial charge in [0, 0.05) is 0 Å². The standard InChI is InChI=1S/C19H18F3NO4/c1-18(2,3)27-17(26)23-15-8-7-12(10-14(15)16(24)25)11-5-4-6-13(9-11)19(20,21)22/h4-10H,1-3H3,(H,23,26)(H,24,25). The molecule has 0 saturated carbocycles. The third-order valence-corrected chi connectivity index (χ3v) is 3.41. The molecule has 144 valence electrons. The minimum absolute atomic E-state index is 0.0209. The zero-order valence-electron chi connectivity index (χ0n) is 14.8. The maximum Gasteiger partial charge on any atom is 0.416 e. The van der Waals surface area contributed by atoms with Gasteiger partial charge < -0.3 is 9.84 Å². The Morgan fingerprint density at radius 3 is 2.19 bits per heavy atom. The monoisotopic (exact) mass is 381 g/mol. The van der Waals surface area contributed by atoms with Crippen LogP contribution < -0.4 is 5.32 Å². The summed E-state index contributed by atoms with van der Waals surface area (Å²) in [6.45, 7) is 4.96. The first kappa shape index (κ1) is 20.3. The lowest BCUT2D eigenvalue weighted by Gasteiger charge is -2.20. The van der Waals surface area contributed by atoms with Crippen molar-refractivity contribution in [3.63, 3.8) is 0 Å². The number of benzene rings is 2. The van der Waals surface area contributed by atoms with Gasteiger partial charge in [-0.1, -0.05) is 18.2 Å². The Hall–Kier alpha value is -3.03. The number of alkyl halides is 3. The van der Waals surface area contributed by atoms with E-state index in [-0.39, 0.29) is 22.4 Å². The van der Waals surface area contributed by atoms with Gasteiger partial charge in [0.1, 0.15) is 5.60 Å². The van der Waals surface area contributed by atoms with E-state index < -0.39 is 29.4 Å². The van der Waals surface area contributed by atoms with Crippen LogP contribution in [-0.4, -0.2) is 22.8 Å². The van der Waals surface area contributed by atoms with Crippen LogP contribution >= 0.6 is 0 Å². The van der Waals surface area contributed by atoms with Gasteiger partial charge in [0.05, 0.1) is 16.8 Å². The van der Waals surface area contributed by atoms with E-state index in [9.17, 15) is 27.9 Å². The van der Waals surface area contributed by atoms with Crippen LogP contribution in [0.4, 0.5) is 23.7 Å². The Kier molecular flexibility index (Phi) is 5.48. The van der Waals surface area contributed by atoms with Crippen LogP contribution in [0.3, 0.4) is 0 Å². The first-order valence-corrected chi connectivity index (χ1v) is 7.92. The van der Waals surface area contributed by atoms with Crippen molar-refractivity contribution >= 4 is 17.7 Å². The molecule has 0 fully saturated rings. The fourth-order valence-electron chi connectivity index (χ4n) is 2.30. The first-order valence-electron chi connectivity index (χ1n) is 7.92. The molecule has 0 aliphatic heterocycles. The van der Waals surface area contributed by atoms with Crippen molar-refractivity contribution in [3.8, 4) is 11.1 Å². The van der Waals surface area contributed by atoms with E-state index in [0.717, 1.165) is 12.1 Å². The minimum Gasteiger partial charge on any atom is -0.478 e. The molecule has 0 bridgehead atoms. The number of hydrogen-bond acceptors (Lipinski definition) is 3. The molecule has 0 heterocycles. The molecule has 2 rings (SSSR count). The lowest BCUT2D eigenvalue weighted by Crippen LogP contribution is -2.27.